The fraction of sp³-hybridized carbons (Fsp3) is 0.333. The minimum atomic E-state index is -0.281. The number of benzene rings is 2. The zero-order chi connectivity index (χ0) is 17.1. The average molecular weight is 332 g/mol. The van der Waals surface area contributed by atoms with E-state index in [2.05, 4.69) is 35.2 Å². The van der Waals surface area contributed by atoms with Crippen molar-refractivity contribution in [1.82, 2.24) is 9.80 Å². The molecule has 0 bridgehead atoms. The normalized spacial score (nSPS) is 31.0. The predicted molar refractivity (Wildman–Crippen MR) is 93.5 cm³/mol. The molecule has 0 N–H and O–H groups in total. The van der Waals surface area contributed by atoms with Crippen molar-refractivity contribution in [1.29, 1.82) is 0 Å². The molecule has 0 saturated carbocycles. The number of hydrogen-bond acceptors (Lipinski definition) is 3. The first-order valence-electron chi connectivity index (χ1n) is 8.88. The lowest BCUT2D eigenvalue weighted by molar-refractivity contribution is -0.140. The second-order valence-corrected chi connectivity index (χ2v) is 7.27. The Morgan fingerprint density at radius 2 is 1.48 bits per heavy atom. The van der Waals surface area contributed by atoms with Crippen molar-refractivity contribution in [2.24, 2.45) is 11.8 Å². The number of imide groups is 1. The molecule has 0 aromatic heterocycles. The highest BCUT2D eigenvalue weighted by molar-refractivity contribution is 6.06. The van der Waals surface area contributed by atoms with E-state index in [4.69, 9.17) is 0 Å². The minimum Gasteiger partial charge on any atom is -0.287 e. The Kier molecular flexibility index (Phi) is 3.13. The molecule has 3 aliphatic rings. The number of nitrogens with zero attached hydrogens (tertiary/aromatic N) is 2. The van der Waals surface area contributed by atoms with E-state index in [1.54, 1.807) is 7.05 Å². The summed E-state index contributed by atoms with van der Waals surface area (Å²) in [7, 11) is 1.63. The van der Waals surface area contributed by atoms with Crippen LogP contribution < -0.4 is 0 Å². The summed E-state index contributed by atoms with van der Waals surface area (Å²) in [6.07, 6.45) is 0.966. The summed E-state index contributed by atoms with van der Waals surface area (Å²) in [6.45, 7) is 0.887. The van der Waals surface area contributed by atoms with Gasteiger partial charge in [0.15, 0.2) is 0 Å². The molecule has 2 fully saturated rings. The van der Waals surface area contributed by atoms with Gasteiger partial charge >= 0.3 is 0 Å². The lowest BCUT2D eigenvalue weighted by Crippen LogP contribution is -2.39. The molecule has 0 radical (unpaired) electrons. The number of carbonyl (C=O) groups is 2. The second-order valence-electron chi connectivity index (χ2n) is 7.27. The van der Waals surface area contributed by atoms with Crippen LogP contribution in [0.1, 0.15) is 28.8 Å². The fourth-order valence-corrected chi connectivity index (χ4v) is 5.11. The molecular weight excluding hydrogens is 312 g/mol. The Morgan fingerprint density at radius 1 is 0.840 bits per heavy atom. The molecule has 3 aliphatic heterocycles. The van der Waals surface area contributed by atoms with Crippen molar-refractivity contribution in [3.05, 3.63) is 71.3 Å². The molecule has 126 valence electrons. The highest BCUT2D eigenvalue weighted by Crippen LogP contribution is 2.57. The first-order valence-corrected chi connectivity index (χ1v) is 8.88. The van der Waals surface area contributed by atoms with Gasteiger partial charge in [0.25, 0.3) is 0 Å². The maximum Gasteiger partial charge on any atom is 0.234 e. The van der Waals surface area contributed by atoms with Crippen LogP contribution in [0.25, 0.3) is 0 Å². The molecular formula is C21H20N2O2. The lowest BCUT2D eigenvalue weighted by Gasteiger charge is -2.37. The fourth-order valence-electron chi connectivity index (χ4n) is 5.11. The predicted octanol–water partition coefficient (Wildman–Crippen LogP) is 2.57. The number of amides is 2. The van der Waals surface area contributed by atoms with Crippen LogP contribution in [0.4, 0.5) is 0 Å². The molecule has 2 aromatic carbocycles. The molecule has 2 amide bonds. The van der Waals surface area contributed by atoms with Gasteiger partial charge in [-0.05, 0) is 23.1 Å². The largest absolute Gasteiger partial charge is 0.287 e. The van der Waals surface area contributed by atoms with E-state index >= 15 is 0 Å². The van der Waals surface area contributed by atoms with Gasteiger partial charge in [-0.2, -0.15) is 0 Å². The van der Waals surface area contributed by atoms with Crippen LogP contribution in [0.3, 0.4) is 0 Å². The van der Waals surface area contributed by atoms with E-state index in [-0.39, 0.29) is 35.7 Å². The molecule has 2 saturated heterocycles. The molecule has 0 spiro atoms. The maximum atomic E-state index is 12.9. The smallest absolute Gasteiger partial charge is 0.234 e. The van der Waals surface area contributed by atoms with Gasteiger partial charge in [-0.1, -0.05) is 54.6 Å². The Hall–Kier alpha value is -2.46. The van der Waals surface area contributed by atoms with Crippen LogP contribution in [-0.2, 0) is 16.0 Å². The van der Waals surface area contributed by atoms with Crippen molar-refractivity contribution in [2.45, 2.75) is 18.5 Å². The summed E-state index contributed by atoms with van der Waals surface area (Å²) in [4.78, 5) is 29.6. The van der Waals surface area contributed by atoms with Crippen molar-refractivity contribution < 1.29 is 9.59 Å². The Labute approximate surface area is 147 Å². The van der Waals surface area contributed by atoms with E-state index in [1.165, 1.54) is 16.0 Å². The topological polar surface area (TPSA) is 40.6 Å². The molecule has 2 aromatic rings. The highest BCUT2D eigenvalue weighted by atomic mass is 16.2. The van der Waals surface area contributed by atoms with Gasteiger partial charge in [0.2, 0.25) is 11.8 Å². The van der Waals surface area contributed by atoms with E-state index in [9.17, 15) is 9.59 Å². The summed E-state index contributed by atoms with van der Waals surface area (Å²) in [6, 6.07) is 18.6. The maximum absolute atomic E-state index is 12.9. The third-order valence-corrected chi connectivity index (χ3v) is 6.17. The van der Waals surface area contributed by atoms with Crippen molar-refractivity contribution >= 4 is 11.8 Å². The Bertz CT molecular complexity index is 863. The number of hydrogen-bond donors (Lipinski definition) is 0. The van der Waals surface area contributed by atoms with Gasteiger partial charge < -0.3 is 0 Å². The average Bonchev–Trinajstić information content (AvgIpc) is 3.11. The Balaban J connectivity index is 1.70. The van der Waals surface area contributed by atoms with Crippen LogP contribution in [0.5, 0.6) is 0 Å². The molecule has 4 atom stereocenters. The zero-order valence-electron chi connectivity index (χ0n) is 14.1. The zero-order valence-corrected chi connectivity index (χ0v) is 14.1. The quantitative estimate of drug-likeness (QED) is 0.754. The third kappa shape index (κ3) is 1.91. The third-order valence-electron chi connectivity index (χ3n) is 6.17. The minimum absolute atomic E-state index is 0.00144. The van der Waals surface area contributed by atoms with Gasteiger partial charge in [0.1, 0.15) is 0 Å². The van der Waals surface area contributed by atoms with Gasteiger partial charge in [-0.15, -0.1) is 0 Å². The van der Waals surface area contributed by atoms with Crippen LogP contribution in [0, 0.1) is 11.8 Å². The monoisotopic (exact) mass is 332 g/mol. The van der Waals surface area contributed by atoms with Crippen molar-refractivity contribution in [3.63, 3.8) is 0 Å². The van der Waals surface area contributed by atoms with Crippen LogP contribution in [-0.4, -0.2) is 35.2 Å². The summed E-state index contributed by atoms with van der Waals surface area (Å²) >= 11 is 0. The van der Waals surface area contributed by atoms with E-state index < -0.39 is 0 Å². The molecule has 4 heteroatoms. The SMILES string of the molecule is CN1C(=O)[C@@H]2[C@H](C1=O)[C@@H]1c3ccccc3CCN1[C@@H]2c1ccccc1. The van der Waals surface area contributed by atoms with Crippen molar-refractivity contribution in [3.8, 4) is 0 Å². The number of likely N-dealkylation sites (tertiary alicyclic amines) is 1. The summed E-state index contributed by atoms with van der Waals surface area (Å²) in [5.74, 6) is -0.615. The number of rotatable bonds is 1. The Morgan fingerprint density at radius 3 is 2.24 bits per heavy atom. The number of fused-ring (bicyclic) bond motifs is 5. The summed E-state index contributed by atoms with van der Waals surface area (Å²) in [5.41, 5.74) is 3.67. The van der Waals surface area contributed by atoms with Gasteiger partial charge in [0.05, 0.1) is 11.8 Å². The molecule has 0 aliphatic carbocycles. The van der Waals surface area contributed by atoms with Gasteiger partial charge in [-0.3, -0.25) is 19.4 Å². The van der Waals surface area contributed by atoms with Crippen LogP contribution in [0.15, 0.2) is 54.6 Å². The molecule has 3 heterocycles. The van der Waals surface area contributed by atoms with E-state index in [1.807, 2.05) is 24.3 Å². The van der Waals surface area contributed by atoms with Crippen LogP contribution >= 0.6 is 0 Å². The molecule has 5 rings (SSSR count). The summed E-state index contributed by atoms with van der Waals surface area (Å²) in [5, 5.41) is 0. The first kappa shape index (κ1) is 14.8. The second kappa shape index (κ2) is 5.27. The van der Waals surface area contributed by atoms with Gasteiger partial charge in [0, 0.05) is 25.7 Å². The van der Waals surface area contributed by atoms with Gasteiger partial charge in [-0.25, -0.2) is 0 Å². The lowest BCUT2D eigenvalue weighted by atomic mass is 9.83. The van der Waals surface area contributed by atoms with Crippen molar-refractivity contribution in [2.75, 3.05) is 13.6 Å². The van der Waals surface area contributed by atoms with E-state index in [0.29, 0.717) is 0 Å². The summed E-state index contributed by atoms with van der Waals surface area (Å²) < 4.78 is 0. The first-order chi connectivity index (χ1) is 12.2. The molecule has 25 heavy (non-hydrogen) atoms. The molecule has 4 nitrogen and oxygen atoms in total. The number of carbonyl (C=O) groups excluding carboxylic acids is 2. The van der Waals surface area contributed by atoms with E-state index in [0.717, 1.165) is 18.5 Å². The highest BCUT2D eigenvalue weighted by Gasteiger charge is 2.62. The van der Waals surface area contributed by atoms with Crippen LogP contribution in [0.2, 0.25) is 0 Å². The molecule has 0 unspecified atom stereocenters. The standard InChI is InChI=1S/C21H20N2O2/c1-22-20(24)16-17(21(22)25)19-15-10-6-5-7-13(15)11-12-23(19)18(16)14-8-3-2-4-9-14/h2-10,16-19H,11-12H2,1H3/t16-,17+,18-,19+/m1/s1.